The summed E-state index contributed by atoms with van der Waals surface area (Å²) in [6, 6.07) is 56.2. The summed E-state index contributed by atoms with van der Waals surface area (Å²) in [5.74, 6) is 0. The van der Waals surface area contributed by atoms with Gasteiger partial charge in [0.25, 0.3) is 0 Å². The van der Waals surface area contributed by atoms with Crippen LogP contribution in [0.15, 0.2) is 146 Å². The Bertz CT molecular complexity index is 1810. The van der Waals surface area contributed by atoms with E-state index in [9.17, 15) is 0 Å². The highest BCUT2D eigenvalue weighted by atomic mass is 28.3. The molecule has 9 rings (SSSR count). The zero-order chi connectivity index (χ0) is 27.0. The number of hydrogen-bond donors (Lipinski definition) is 0. The molecule has 0 fully saturated rings. The summed E-state index contributed by atoms with van der Waals surface area (Å²) in [5, 5.41) is 3.03. The third kappa shape index (κ3) is 3.05. The predicted octanol–water partition coefficient (Wildman–Crippen LogP) is 8.05. The second-order valence-corrected chi connectivity index (χ2v) is 16.0. The van der Waals surface area contributed by atoms with Gasteiger partial charge in [-0.2, -0.15) is 0 Å². The van der Waals surface area contributed by atoms with Crippen molar-refractivity contribution in [3.05, 3.63) is 179 Å². The quantitative estimate of drug-likeness (QED) is 0.199. The lowest BCUT2D eigenvalue weighted by atomic mass is 9.86. The Morgan fingerprint density at radius 2 is 0.756 bits per heavy atom. The fourth-order valence-electron chi connectivity index (χ4n) is 8.75. The van der Waals surface area contributed by atoms with E-state index in [0.29, 0.717) is 5.54 Å². The Morgan fingerprint density at radius 3 is 1.24 bits per heavy atom. The molecule has 41 heavy (non-hydrogen) atoms. The zero-order valence-electron chi connectivity index (χ0n) is 22.9. The van der Waals surface area contributed by atoms with Crippen LogP contribution in [0.2, 0.25) is 0 Å². The molecule has 6 aromatic rings. The molecule has 194 valence electrons. The second kappa shape index (κ2) is 8.77. The van der Waals surface area contributed by atoms with Crippen LogP contribution in [-0.4, -0.2) is 8.07 Å². The van der Waals surface area contributed by atoms with Gasteiger partial charge in [0.05, 0.1) is 0 Å². The highest BCUT2D eigenvalue weighted by Gasteiger charge is 2.58. The van der Waals surface area contributed by atoms with Crippen molar-refractivity contribution in [1.29, 1.82) is 0 Å². The van der Waals surface area contributed by atoms with Gasteiger partial charge >= 0.3 is 0 Å². The molecule has 6 aromatic carbocycles. The monoisotopic (exact) mass is 538 g/mol. The molecule has 0 spiro atoms. The van der Waals surface area contributed by atoms with E-state index in [-0.39, 0.29) is 5.54 Å². The number of aryl methyl sites for hydroxylation is 2. The lowest BCUT2D eigenvalue weighted by Crippen LogP contribution is -2.66. The Balaban J connectivity index is 1.49. The van der Waals surface area contributed by atoms with Crippen molar-refractivity contribution in [2.24, 2.45) is 0 Å². The number of hydrogen-bond acceptors (Lipinski definition) is 0. The summed E-state index contributed by atoms with van der Waals surface area (Å²) in [6.45, 7) is 0. The topological polar surface area (TPSA) is 0 Å². The maximum atomic E-state index is 2.47. The van der Waals surface area contributed by atoms with Crippen LogP contribution >= 0.6 is 0 Å². The summed E-state index contributed by atoms with van der Waals surface area (Å²) >= 11 is 0. The van der Waals surface area contributed by atoms with Gasteiger partial charge in [-0.15, -0.1) is 0 Å². The van der Waals surface area contributed by atoms with Crippen LogP contribution in [0.5, 0.6) is 0 Å². The SMILES string of the molecule is c1ccc([Si](c2ccccc2)(C2c3ccccc3-c3ccccc32)C2c3cccc4c3-c3c(cccc32)CC4)cc1. The molecule has 0 N–H and O–H groups in total. The van der Waals surface area contributed by atoms with Gasteiger partial charge in [0, 0.05) is 11.1 Å². The van der Waals surface area contributed by atoms with E-state index in [0.717, 1.165) is 12.8 Å². The lowest BCUT2D eigenvalue weighted by molar-refractivity contribution is 0.943. The van der Waals surface area contributed by atoms with Crippen LogP contribution < -0.4 is 10.4 Å². The Morgan fingerprint density at radius 1 is 0.366 bits per heavy atom. The number of rotatable bonds is 4. The molecule has 0 atom stereocenters. The standard InChI is InChI=1S/C40H30Si/c1-3-15-29(16-4-1)41(30-17-5-2-6-18-30,39-33-21-9-7-19-31(33)32-20-8-10-22-34(32)39)40-35-23-11-13-27-25-26-28-14-12-24-36(40)38(28)37(27)35/h1-24,39-40H,25-26H2. The average molecular weight is 539 g/mol. The van der Waals surface area contributed by atoms with Gasteiger partial charge in [-0.1, -0.05) is 156 Å². The van der Waals surface area contributed by atoms with Gasteiger partial charge in [-0.05, 0) is 68.5 Å². The molecule has 0 saturated heterocycles. The summed E-state index contributed by atoms with van der Waals surface area (Å²) in [7, 11) is -2.70. The first-order valence-corrected chi connectivity index (χ1v) is 17.1. The molecule has 0 radical (unpaired) electrons. The number of fused-ring (bicyclic) bond motifs is 3. The molecule has 0 amide bonds. The molecule has 1 heteroatoms. The maximum Gasteiger partial charge on any atom is 0.141 e. The molecular weight excluding hydrogens is 509 g/mol. The van der Waals surface area contributed by atoms with Gasteiger partial charge in [-0.25, -0.2) is 0 Å². The van der Waals surface area contributed by atoms with Gasteiger partial charge in [-0.3, -0.25) is 0 Å². The van der Waals surface area contributed by atoms with Crippen LogP contribution in [0.25, 0.3) is 22.3 Å². The van der Waals surface area contributed by atoms with E-state index >= 15 is 0 Å². The van der Waals surface area contributed by atoms with Gasteiger partial charge in [0.1, 0.15) is 8.07 Å². The van der Waals surface area contributed by atoms with Crippen molar-refractivity contribution >= 4 is 18.4 Å². The van der Waals surface area contributed by atoms with Crippen molar-refractivity contribution in [3.8, 4) is 22.3 Å². The highest BCUT2D eigenvalue weighted by Crippen LogP contribution is 2.59. The molecule has 3 aliphatic carbocycles. The van der Waals surface area contributed by atoms with Crippen molar-refractivity contribution in [1.82, 2.24) is 0 Å². The molecule has 0 nitrogen and oxygen atoms in total. The summed E-state index contributed by atoms with van der Waals surface area (Å²) in [5.41, 5.74) is 15.6. The third-order valence-corrected chi connectivity index (χ3v) is 15.8. The van der Waals surface area contributed by atoms with Crippen molar-refractivity contribution < 1.29 is 0 Å². The maximum absolute atomic E-state index is 2.70. The zero-order valence-corrected chi connectivity index (χ0v) is 23.9. The smallest absolute Gasteiger partial charge is 0.0625 e. The van der Waals surface area contributed by atoms with Crippen LogP contribution in [-0.2, 0) is 12.8 Å². The Hall–Kier alpha value is -4.46. The van der Waals surface area contributed by atoms with Crippen LogP contribution in [0.3, 0.4) is 0 Å². The molecule has 0 bridgehead atoms. The normalized spacial score (nSPS) is 14.9. The third-order valence-electron chi connectivity index (χ3n) is 10.1. The largest absolute Gasteiger partial charge is 0.141 e. The van der Waals surface area contributed by atoms with Crippen molar-refractivity contribution in [2.75, 3.05) is 0 Å². The summed E-state index contributed by atoms with van der Waals surface area (Å²) < 4.78 is 0. The molecule has 0 unspecified atom stereocenters. The van der Waals surface area contributed by atoms with E-state index in [4.69, 9.17) is 0 Å². The van der Waals surface area contributed by atoms with E-state index in [1.807, 2.05) is 0 Å². The first-order chi connectivity index (χ1) is 20.4. The van der Waals surface area contributed by atoms with Gasteiger partial charge in [0.2, 0.25) is 0 Å². The summed E-state index contributed by atoms with van der Waals surface area (Å²) in [6.07, 6.45) is 2.26. The molecule has 0 heterocycles. The van der Waals surface area contributed by atoms with Crippen molar-refractivity contribution in [2.45, 2.75) is 23.9 Å². The van der Waals surface area contributed by atoms with Crippen molar-refractivity contribution in [3.63, 3.8) is 0 Å². The van der Waals surface area contributed by atoms with Gasteiger partial charge in [0.15, 0.2) is 0 Å². The van der Waals surface area contributed by atoms with Crippen LogP contribution in [0.4, 0.5) is 0 Å². The highest BCUT2D eigenvalue weighted by molar-refractivity contribution is 7.05. The average Bonchev–Trinajstić information content (AvgIpc) is 3.57. The lowest BCUT2D eigenvalue weighted by Gasteiger charge is -2.45. The second-order valence-electron chi connectivity index (χ2n) is 11.9. The number of benzene rings is 6. The molecule has 0 aromatic heterocycles. The molecular formula is C40H30Si. The van der Waals surface area contributed by atoms with E-state index < -0.39 is 8.07 Å². The molecule has 0 saturated carbocycles. The minimum absolute atomic E-state index is 0.288. The van der Waals surface area contributed by atoms with Gasteiger partial charge < -0.3 is 0 Å². The minimum atomic E-state index is -2.70. The molecule has 3 aliphatic rings. The Kier molecular flexibility index (Phi) is 4.97. The fourth-order valence-corrected chi connectivity index (χ4v) is 15.2. The Labute approximate surface area is 243 Å². The van der Waals surface area contributed by atoms with E-state index in [1.54, 1.807) is 11.1 Å². The van der Waals surface area contributed by atoms with Crippen LogP contribution in [0.1, 0.15) is 44.5 Å². The molecule has 0 aliphatic heterocycles. The fraction of sp³-hybridized carbons (Fsp3) is 0.100. The van der Waals surface area contributed by atoms with E-state index in [1.165, 1.54) is 54.9 Å². The first-order valence-electron chi connectivity index (χ1n) is 14.9. The van der Waals surface area contributed by atoms with Crippen LogP contribution in [0, 0.1) is 0 Å². The van der Waals surface area contributed by atoms with E-state index in [2.05, 4.69) is 146 Å². The minimum Gasteiger partial charge on any atom is -0.0625 e. The predicted molar refractivity (Wildman–Crippen MR) is 173 cm³/mol. The first kappa shape index (κ1) is 23.3. The summed E-state index contributed by atoms with van der Waals surface area (Å²) in [4.78, 5) is 0.